The Bertz CT molecular complexity index is 735. The number of rotatable bonds is 7. The maximum Gasteiger partial charge on any atom is 0.214 e. The first kappa shape index (κ1) is 17.2. The number of carbonyl (C=O) groups is 1. The summed E-state index contributed by atoms with van der Waals surface area (Å²) in [7, 11) is 2.97. The molecule has 0 saturated carbocycles. The fourth-order valence-electron chi connectivity index (χ4n) is 1.88. The molecule has 0 heterocycles. The van der Waals surface area contributed by atoms with Crippen molar-refractivity contribution in [3.05, 3.63) is 59.7 Å². The quantitative estimate of drug-likeness (QED) is 0.482. The largest absolute Gasteiger partial charge is 0.497 e. The summed E-state index contributed by atoms with van der Waals surface area (Å²) >= 11 is 0. The number of anilines is 1. The average Bonchev–Trinajstić information content (AvgIpc) is 2.63. The summed E-state index contributed by atoms with van der Waals surface area (Å²) in [5, 5.41) is 7.77. The van der Waals surface area contributed by atoms with E-state index in [-0.39, 0.29) is 11.5 Å². The molecule has 0 fully saturated rings. The normalized spacial score (nSPS) is 11.4. The first-order valence-electron chi connectivity index (χ1n) is 7.29. The number of nitrogens with one attached hydrogen (secondary N) is 1. The smallest absolute Gasteiger partial charge is 0.214 e. The van der Waals surface area contributed by atoms with Gasteiger partial charge >= 0.3 is 0 Å². The van der Waals surface area contributed by atoms with Crippen LogP contribution in [0, 0.1) is 6.92 Å². The lowest BCUT2D eigenvalue weighted by atomic mass is 10.1. The number of Topliss-reactive ketones (excluding diaryl/α,β-unsaturated/α-hetero) is 1. The SMILES string of the molecule is CO/N=C\C(=N\Nc1ccc(C)cc1)C(=O)c1ccc(OC)cc1. The van der Waals surface area contributed by atoms with E-state index < -0.39 is 0 Å². The lowest BCUT2D eigenvalue weighted by Gasteiger charge is -2.05. The van der Waals surface area contributed by atoms with Gasteiger partial charge in [0.05, 0.1) is 19.0 Å². The molecule has 0 unspecified atom stereocenters. The lowest BCUT2D eigenvalue weighted by molar-refractivity contribution is 0.106. The molecule has 0 atom stereocenters. The van der Waals surface area contributed by atoms with E-state index in [4.69, 9.17) is 4.74 Å². The number of aryl methyl sites for hydroxylation is 1. The predicted molar refractivity (Wildman–Crippen MR) is 95.1 cm³/mol. The summed E-state index contributed by atoms with van der Waals surface area (Å²) in [6.07, 6.45) is 1.27. The van der Waals surface area contributed by atoms with Crippen LogP contribution in [0.2, 0.25) is 0 Å². The standard InChI is InChI=1S/C18H19N3O3/c1-13-4-8-15(9-5-13)20-21-17(12-19-24-3)18(22)14-6-10-16(23-2)11-7-14/h4-12,20H,1-3H3/b19-12-,21-17-. The summed E-state index contributed by atoms with van der Waals surface area (Å²) in [6.45, 7) is 2.00. The maximum absolute atomic E-state index is 12.6. The Morgan fingerprint density at radius 2 is 1.71 bits per heavy atom. The van der Waals surface area contributed by atoms with E-state index in [9.17, 15) is 4.79 Å². The van der Waals surface area contributed by atoms with Crippen LogP contribution in [0.25, 0.3) is 0 Å². The van der Waals surface area contributed by atoms with E-state index in [1.54, 1.807) is 31.4 Å². The first-order chi connectivity index (χ1) is 11.6. The zero-order chi connectivity index (χ0) is 17.4. The van der Waals surface area contributed by atoms with E-state index in [2.05, 4.69) is 20.5 Å². The molecule has 0 radical (unpaired) electrons. The third kappa shape index (κ3) is 4.67. The first-order valence-corrected chi connectivity index (χ1v) is 7.29. The number of hydrazone groups is 1. The molecule has 2 aromatic carbocycles. The Kier molecular flexibility index (Phi) is 6.08. The predicted octanol–water partition coefficient (Wildman–Crippen LogP) is 3.29. The second kappa shape index (κ2) is 8.47. The van der Waals surface area contributed by atoms with Gasteiger partial charge in [-0.1, -0.05) is 22.9 Å². The van der Waals surface area contributed by atoms with Gasteiger partial charge in [-0.3, -0.25) is 10.2 Å². The van der Waals surface area contributed by atoms with E-state index in [0.717, 1.165) is 11.3 Å². The van der Waals surface area contributed by atoms with Gasteiger partial charge in [0.25, 0.3) is 0 Å². The minimum atomic E-state index is -0.280. The number of oxime groups is 1. The molecular formula is C18H19N3O3. The number of ketones is 1. The Morgan fingerprint density at radius 1 is 1.04 bits per heavy atom. The molecule has 0 aliphatic heterocycles. The van der Waals surface area contributed by atoms with Gasteiger partial charge in [-0.05, 0) is 43.3 Å². The minimum absolute atomic E-state index is 0.127. The molecule has 24 heavy (non-hydrogen) atoms. The van der Waals surface area contributed by atoms with Crippen LogP contribution in [-0.4, -0.2) is 31.9 Å². The fourth-order valence-corrected chi connectivity index (χ4v) is 1.88. The molecule has 2 rings (SSSR count). The van der Waals surface area contributed by atoms with Crippen molar-refractivity contribution in [1.82, 2.24) is 0 Å². The van der Waals surface area contributed by atoms with Gasteiger partial charge in [0.2, 0.25) is 5.78 Å². The van der Waals surface area contributed by atoms with Crippen molar-refractivity contribution in [2.75, 3.05) is 19.6 Å². The molecule has 0 aliphatic carbocycles. The van der Waals surface area contributed by atoms with Crippen LogP contribution in [0.4, 0.5) is 5.69 Å². The van der Waals surface area contributed by atoms with Gasteiger partial charge in [0.15, 0.2) is 5.71 Å². The van der Waals surface area contributed by atoms with Crippen molar-refractivity contribution in [2.45, 2.75) is 6.92 Å². The average molecular weight is 325 g/mol. The Hall–Kier alpha value is -3.15. The molecule has 2 aromatic rings. The van der Waals surface area contributed by atoms with E-state index in [1.165, 1.54) is 13.3 Å². The molecule has 124 valence electrons. The monoisotopic (exact) mass is 325 g/mol. The third-order valence-electron chi connectivity index (χ3n) is 3.22. The van der Waals surface area contributed by atoms with Crippen LogP contribution in [0.15, 0.2) is 58.8 Å². The fraction of sp³-hybridized carbons (Fsp3) is 0.167. The molecule has 0 saturated heterocycles. The van der Waals surface area contributed by atoms with Crippen LogP contribution in [-0.2, 0) is 4.84 Å². The summed E-state index contributed by atoms with van der Waals surface area (Å²) in [6, 6.07) is 14.4. The molecule has 6 heteroatoms. The van der Waals surface area contributed by atoms with E-state index >= 15 is 0 Å². The zero-order valence-electron chi connectivity index (χ0n) is 13.8. The van der Waals surface area contributed by atoms with Crippen molar-refractivity contribution in [3.8, 4) is 5.75 Å². The lowest BCUT2D eigenvalue weighted by Crippen LogP contribution is -2.18. The highest BCUT2D eigenvalue weighted by Crippen LogP contribution is 2.13. The Balaban J connectivity index is 2.22. The van der Waals surface area contributed by atoms with Crippen molar-refractivity contribution in [3.63, 3.8) is 0 Å². The molecule has 0 aliphatic rings. The van der Waals surface area contributed by atoms with Gasteiger partial charge in [-0.25, -0.2) is 0 Å². The third-order valence-corrected chi connectivity index (χ3v) is 3.22. The van der Waals surface area contributed by atoms with E-state index in [1.807, 2.05) is 31.2 Å². The summed E-state index contributed by atoms with van der Waals surface area (Å²) in [5.74, 6) is 0.395. The van der Waals surface area contributed by atoms with Crippen LogP contribution < -0.4 is 10.2 Å². The highest BCUT2D eigenvalue weighted by molar-refractivity contribution is 6.64. The highest BCUT2D eigenvalue weighted by Gasteiger charge is 2.13. The molecule has 0 bridgehead atoms. The number of nitrogens with zero attached hydrogens (tertiary/aromatic N) is 2. The number of hydrogen-bond acceptors (Lipinski definition) is 6. The van der Waals surface area contributed by atoms with E-state index in [0.29, 0.717) is 11.3 Å². The molecular weight excluding hydrogens is 306 g/mol. The Labute approximate surface area is 140 Å². The summed E-state index contributed by atoms with van der Waals surface area (Å²) in [5.41, 5.74) is 5.36. The van der Waals surface area contributed by atoms with Crippen molar-refractivity contribution in [2.24, 2.45) is 10.3 Å². The van der Waals surface area contributed by atoms with Gasteiger partial charge in [-0.2, -0.15) is 5.10 Å². The summed E-state index contributed by atoms with van der Waals surface area (Å²) in [4.78, 5) is 17.2. The van der Waals surface area contributed by atoms with Crippen LogP contribution in [0.1, 0.15) is 15.9 Å². The Morgan fingerprint density at radius 3 is 2.29 bits per heavy atom. The van der Waals surface area contributed by atoms with Gasteiger partial charge in [-0.15, -0.1) is 0 Å². The summed E-state index contributed by atoms with van der Waals surface area (Å²) < 4.78 is 5.09. The van der Waals surface area contributed by atoms with Crippen LogP contribution >= 0.6 is 0 Å². The number of benzene rings is 2. The van der Waals surface area contributed by atoms with Gasteiger partial charge in [0, 0.05) is 5.56 Å². The van der Waals surface area contributed by atoms with Crippen molar-refractivity contribution < 1.29 is 14.4 Å². The molecule has 0 aromatic heterocycles. The second-order valence-electron chi connectivity index (χ2n) is 4.95. The van der Waals surface area contributed by atoms with Crippen LogP contribution in [0.3, 0.4) is 0 Å². The highest BCUT2D eigenvalue weighted by atomic mass is 16.6. The maximum atomic E-state index is 12.6. The number of ether oxygens (including phenoxy) is 1. The van der Waals surface area contributed by atoms with Crippen molar-refractivity contribution in [1.29, 1.82) is 0 Å². The topological polar surface area (TPSA) is 72.3 Å². The zero-order valence-corrected chi connectivity index (χ0v) is 13.8. The molecule has 0 amide bonds. The minimum Gasteiger partial charge on any atom is -0.497 e. The molecule has 0 spiro atoms. The molecule has 6 nitrogen and oxygen atoms in total. The second-order valence-corrected chi connectivity index (χ2v) is 4.95. The van der Waals surface area contributed by atoms with Gasteiger partial charge in [0.1, 0.15) is 12.9 Å². The number of methoxy groups -OCH3 is 1. The van der Waals surface area contributed by atoms with Crippen LogP contribution in [0.5, 0.6) is 5.75 Å². The van der Waals surface area contributed by atoms with Crippen molar-refractivity contribution >= 4 is 23.4 Å². The number of hydrogen-bond donors (Lipinski definition) is 1. The molecule has 1 N–H and O–H groups in total. The number of carbonyl (C=O) groups excluding carboxylic acids is 1. The van der Waals surface area contributed by atoms with Gasteiger partial charge < -0.3 is 9.57 Å².